The maximum Gasteiger partial charge on any atom is 0.491 e. The fourth-order valence-electron chi connectivity index (χ4n) is 1.52. The molecule has 1 aliphatic heterocycles. The molecule has 1 N–H and O–H groups in total. The fraction of sp³-hybridized carbons (Fsp3) is 0.222. The lowest BCUT2D eigenvalue weighted by Crippen LogP contribution is -2.29. The first-order valence-corrected chi connectivity index (χ1v) is 4.71. The molecule has 0 radical (unpaired) electrons. The van der Waals surface area contributed by atoms with Gasteiger partial charge in [-0.15, -0.1) is 0 Å². The molecule has 6 heteroatoms. The van der Waals surface area contributed by atoms with Crippen LogP contribution in [0.5, 0.6) is 0 Å². The van der Waals surface area contributed by atoms with Gasteiger partial charge >= 0.3 is 13.1 Å². The highest BCUT2D eigenvalue weighted by Gasteiger charge is 2.30. The van der Waals surface area contributed by atoms with E-state index in [-0.39, 0.29) is 6.61 Å². The fourth-order valence-corrected chi connectivity index (χ4v) is 1.80. The number of methoxy groups -OCH3 is 1. The molecule has 0 aromatic heterocycles. The van der Waals surface area contributed by atoms with Gasteiger partial charge in [-0.2, -0.15) is 0 Å². The van der Waals surface area contributed by atoms with E-state index in [0.29, 0.717) is 16.0 Å². The number of hydrogen-bond acceptors (Lipinski definition) is 4. The van der Waals surface area contributed by atoms with E-state index in [1.54, 1.807) is 0 Å². The van der Waals surface area contributed by atoms with Gasteiger partial charge < -0.3 is 14.4 Å². The van der Waals surface area contributed by atoms with E-state index < -0.39 is 13.1 Å². The molecule has 0 fully saturated rings. The maximum absolute atomic E-state index is 11.3. The van der Waals surface area contributed by atoms with Crippen molar-refractivity contribution in [2.75, 3.05) is 7.11 Å². The summed E-state index contributed by atoms with van der Waals surface area (Å²) in [5.41, 5.74) is 1.56. The molecule has 0 spiro atoms. The Balaban J connectivity index is 2.50. The van der Waals surface area contributed by atoms with E-state index in [1.807, 2.05) is 0 Å². The smallest absolute Gasteiger partial charge is 0.465 e. The number of halogens is 1. The molecule has 15 heavy (non-hydrogen) atoms. The average Bonchev–Trinajstić information content (AvgIpc) is 2.60. The van der Waals surface area contributed by atoms with E-state index in [1.165, 1.54) is 19.2 Å². The predicted molar refractivity (Wildman–Crippen MR) is 55.2 cm³/mol. The number of benzene rings is 1. The van der Waals surface area contributed by atoms with Crippen molar-refractivity contribution in [1.29, 1.82) is 0 Å². The molecule has 1 aliphatic rings. The molecular weight excluding hydrogens is 218 g/mol. The van der Waals surface area contributed by atoms with Gasteiger partial charge in [0.25, 0.3) is 0 Å². The standard InChI is InChI=1S/C9H8BClO4/c1-14-9(12)5-2-7-6(8(11)3-5)4-15-10(7)13/h2-3,13H,4H2,1H3. The SMILES string of the molecule is COC(=O)c1cc(Cl)c2c(c1)B(O)OC2. The third kappa shape index (κ3) is 1.74. The van der Waals surface area contributed by atoms with E-state index >= 15 is 0 Å². The Kier molecular flexibility index (Phi) is 2.69. The molecule has 0 atom stereocenters. The van der Waals surface area contributed by atoms with Crippen LogP contribution in [0.25, 0.3) is 0 Å². The van der Waals surface area contributed by atoms with E-state index in [9.17, 15) is 9.82 Å². The summed E-state index contributed by atoms with van der Waals surface area (Å²) in [5, 5.41) is 9.86. The van der Waals surface area contributed by atoms with Crippen molar-refractivity contribution in [3.05, 3.63) is 28.3 Å². The second kappa shape index (κ2) is 3.85. The third-order valence-electron chi connectivity index (χ3n) is 2.30. The number of esters is 1. The van der Waals surface area contributed by atoms with Gasteiger partial charge in [-0.3, -0.25) is 0 Å². The quantitative estimate of drug-likeness (QED) is 0.554. The Morgan fingerprint density at radius 2 is 2.40 bits per heavy atom. The van der Waals surface area contributed by atoms with Crippen molar-refractivity contribution >= 4 is 30.2 Å². The van der Waals surface area contributed by atoms with Crippen LogP contribution in [0.4, 0.5) is 0 Å². The summed E-state index contributed by atoms with van der Waals surface area (Å²) < 4.78 is 9.56. The first-order valence-electron chi connectivity index (χ1n) is 4.33. The zero-order chi connectivity index (χ0) is 11.0. The second-order valence-corrected chi connectivity index (χ2v) is 3.59. The van der Waals surface area contributed by atoms with Crippen molar-refractivity contribution in [2.24, 2.45) is 0 Å². The highest BCUT2D eigenvalue weighted by molar-refractivity contribution is 6.62. The number of fused-ring (bicyclic) bond motifs is 1. The molecule has 78 valence electrons. The summed E-state index contributed by atoms with van der Waals surface area (Å²) in [6.07, 6.45) is 0. The molecule has 0 saturated heterocycles. The van der Waals surface area contributed by atoms with Gasteiger partial charge in [-0.25, -0.2) is 4.79 Å². The van der Waals surface area contributed by atoms with Crippen LogP contribution in [0.2, 0.25) is 5.02 Å². The minimum atomic E-state index is -1.01. The maximum atomic E-state index is 11.3. The van der Waals surface area contributed by atoms with Crippen LogP contribution in [0.15, 0.2) is 12.1 Å². The van der Waals surface area contributed by atoms with Gasteiger partial charge in [-0.1, -0.05) is 11.6 Å². The van der Waals surface area contributed by atoms with Crippen LogP contribution in [-0.4, -0.2) is 25.2 Å². The van der Waals surface area contributed by atoms with E-state index in [2.05, 4.69) is 4.74 Å². The summed E-state index contributed by atoms with van der Waals surface area (Å²) in [6.45, 7) is 0.261. The van der Waals surface area contributed by atoms with Crippen LogP contribution in [0, 0.1) is 0 Å². The number of rotatable bonds is 1. The van der Waals surface area contributed by atoms with Gasteiger partial charge in [0, 0.05) is 5.02 Å². The van der Waals surface area contributed by atoms with Crippen molar-refractivity contribution in [3.63, 3.8) is 0 Å². The molecule has 0 unspecified atom stereocenters. The van der Waals surface area contributed by atoms with Gasteiger partial charge in [-0.05, 0) is 23.2 Å². The van der Waals surface area contributed by atoms with Crippen molar-refractivity contribution in [1.82, 2.24) is 0 Å². The number of carbonyl (C=O) groups excluding carboxylic acids is 1. The predicted octanol–water partition coefficient (Wildman–Crippen LogP) is 0.344. The summed E-state index contributed by atoms with van der Waals surface area (Å²) in [4.78, 5) is 11.3. The first kappa shape index (κ1) is 10.5. The molecule has 1 heterocycles. The molecule has 0 amide bonds. The summed E-state index contributed by atoms with van der Waals surface area (Å²) in [5.74, 6) is -0.487. The second-order valence-electron chi connectivity index (χ2n) is 3.18. The zero-order valence-electron chi connectivity index (χ0n) is 7.99. The Bertz CT molecular complexity index is 421. The topological polar surface area (TPSA) is 55.8 Å². The van der Waals surface area contributed by atoms with Crippen molar-refractivity contribution in [3.8, 4) is 0 Å². The van der Waals surface area contributed by atoms with Crippen LogP contribution in [0.3, 0.4) is 0 Å². The Morgan fingerprint density at radius 3 is 3.07 bits per heavy atom. The highest BCUT2D eigenvalue weighted by atomic mass is 35.5. The van der Waals surface area contributed by atoms with Gasteiger partial charge in [0.1, 0.15) is 0 Å². The van der Waals surface area contributed by atoms with Crippen molar-refractivity contribution < 1.29 is 19.2 Å². The largest absolute Gasteiger partial charge is 0.491 e. The lowest BCUT2D eigenvalue weighted by molar-refractivity contribution is 0.0601. The van der Waals surface area contributed by atoms with Crippen LogP contribution < -0.4 is 5.46 Å². The Morgan fingerprint density at radius 1 is 1.67 bits per heavy atom. The average molecular weight is 226 g/mol. The normalized spacial score (nSPS) is 13.9. The third-order valence-corrected chi connectivity index (χ3v) is 2.64. The van der Waals surface area contributed by atoms with E-state index in [0.717, 1.165) is 5.56 Å². The minimum absolute atomic E-state index is 0.261. The minimum Gasteiger partial charge on any atom is -0.465 e. The summed E-state index contributed by atoms with van der Waals surface area (Å²) >= 11 is 5.94. The van der Waals surface area contributed by atoms with Crippen LogP contribution >= 0.6 is 11.6 Å². The molecule has 4 nitrogen and oxygen atoms in total. The van der Waals surface area contributed by atoms with E-state index in [4.69, 9.17) is 16.3 Å². The van der Waals surface area contributed by atoms with Crippen LogP contribution in [-0.2, 0) is 16.0 Å². The molecule has 0 bridgehead atoms. The Hall–Kier alpha value is -1.04. The van der Waals surface area contributed by atoms with Gasteiger partial charge in [0.05, 0.1) is 19.3 Å². The molecule has 1 aromatic rings. The Labute approximate surface area is 91.9 Å². The highest BCUT2D eigenvalue weighted by Crippen LogP contribution is 2.22. The first-order chi connectivity index (χ1) is 7.13. The zero-order valence-corrected chi connectivity index (χ0v) is 8.75. The molecule has 1 aromatic carbocycles. The number of ether oxygens (including phenoxy) is 1. The number of hydrogen-bond donors (Lipinski definition) is 1. The summed E-state index contributed by atoms with van der Waals surface area (Å²) in [6, 6.07) is 3.04. The molecule has 2 rings (SSSR count). The summed E-state index contributed by atoms with van der Waals surface area (Å²) in [7, 11) is 0.276. The lowest BCUT2D eigenvalue weighted by Gasteiger charge is -2.04. The molecular formula is C9H8BClO4. The van der Waals surface area contributed by atoms with Crippen LogP contribution in [0.1, 0.15) is 15.9 Å². The molecule has 0 aliphatic carbocycles. The lowest BCUT2D eigenvalue weighted by atomic mass is 9.79. The van der Waals surface area contributed by atoms with Crippen molar-refractivity contribution in [2.45, 2.75) is 6.61 Å². The monoisotopic (exact) mass is 226 g/mol. The number of carbonyl (C=O) groups is 1. The van der Waals surface area contributed by atoms with Gasteiger partial charge in [0.2, 0.25) is 0 Å². The molecule has 0 saturated carbocycles. The van der Waals surface area contributed by atoms with Gasteiger partial charge in [0.15, 0.2) is 0 Å².